The Kier molecular flexibility index (Phi) is 6.29. The van der Waals surface area contributed by atoms with Crippen LogP contribution < -0.4 is 5.32 Å². The van der Waals surface area contributed by atoms with E-state index in [4.69, 9.17) is 4.74 Å². The number of benzene rings is 1. The molecule has 1 aliphatic heterocycles. The highest BCUT2D eigenvalue weighted by Gasteiger charge is 2.23. The van der Waals surface area contributed by atoms with E-state index in [1.54, 1.807) is 18.6 Å². The number of hydrogen-bond donors (Lipinski definition) is 1. The van der Waals surface area contributed by atoms with Crippen molar-refractivity contribution in [3.05, 3.63) is 83.9 Å². The summed E-state index contributed by atoms with van der Waals surface area (Å²) in [5, 5.41) is 7.34. The number of ether oxygens (including phenoxy) is 1. The standard InChI is InChI=1S/C22H25N5O2/c28-22(20-4-1-3-18(15-20)17-27-10-2-7-25-27)24-16-21(19-5-8-23-9-6-19)26-11-13-29-14-12-26/h1-10,15,21H,11-14,16-17H2,(H,24,28)/t21-/m0/s1. The lowest BCUT2D eigenvalue weighted by Crippen LogP contribution is -2.43. The Morgan fingerprint density at radius 3 is 2.69 bits per heavy atom. The number of amides is 1. The van der Waals surface area contributed by atoms with Gasteiger partial charge in [-0.2, -0.15) is 5.10 Å². The first kappa shape index (κ1) is 19.3. The van der Waals surface area contributed by atoms with Crippen molar-refractivity contribution in [3.63, 3.8) is 0 Å². The van der Waals surface area contributed by atoms with Gasteiger partial charge in [-0.05, 0) is 41.5 Å². The largest absolute Gasteiger partial charge is 0.379 e. The number of morpholine rings is 1. The number of carbonyl (C=O) groups excluding carboxylic acids is 1. The summed E-state index contributed by atoms with van der Waals surface area (Å²) in [5.74, 6) is -0.0698. The summed E-state index contributed by atoms with van der Waals surface area (Å²) in [6, 6.07) is 13.7. The number of nitrogens with one attached hydrogen (secondary N) is 1. The van der Waals surface area contributed by atoms with Crippen LogP contribution in [0.5, 0.6) is 0 Å². The molecule has 0 bridgehead atoms. The molecule has 1 aliphatic rings. The van der Waals surface area contributed by atoms with Crippen LogP contribution in [0.2, 0.25) is 0 Å². The van der Waals surface area contributed by atoms with Crippen molar-refractivity contribution in [2.45, 2.75) is 12.6 Å². The summed E-state index contributed by atoms with van der Waals surface area (Å²) in [5.41, 5.74) is 2.85. The smallest absolute Gasteiger partial charge is 0.251 e. The molecule has 1 amide bonds. The number of nitrogens with zero attached hydrogens (tertiary/aromatic N) is 4. The van der Waals surface area contributed by atoms with Crippen molar-refractivity contribution in [1.29, 1.82) is 0 Å². The average molecular weight is 391 g/mol. The minimum Gasteiger partial charge on any atom is -0.379 e. The molecule has 0 aliphatic carbocycles. The van der Waals surface area contributed by atoms with E-state index in [2.05, 4.69) is 20.3 Å². The predicted octanol–water partition coefficient (Wildman–Crippen LogP) is 2.13. The lowest BCUT2D eigenvalue weighted by molar-refractivity contribution is 0.0162. The Labute approximate surface area is 170 Å². The van der Waals surface area contributed by atoms with Crippen molar-refractivity contribution in [1.82, 2.24) is 25.0 Å². The Balaban J connectivity index is 1.43. The molecule has 7 nitrogen and oxygen atoms in total. The van der Waals surface area contributed by atoms with Gasteiger partial charge in [-0.25, -0.2) is 0 Å². The van der Waals surface area contributed by atoms with Gasteiger partial charge in [0.05, 0.1) is 25.8 Å². The summed E-state index contributed by atoms with van der Waals surface area (Å²) in [6.45, 7) is 4.30. The first-order valence-corrected chi connectivity index (χ1v) is 9.86. The molecule has 4 rings (SSSR count). The van der Waals surface area contributed by atoms with Crippen molar-refractivity contribution < 1.29 is 9.53 Å². The molecule has 1 aromatic carbocycles. The molecule has 0 spiro atoms. The third-order valence-electron chi connectivity index (χ3n) is 5.13. The molecule has 29 heavy (non-hydrogen) atoms. The number of aromatic nitrogens is 3. The summed E-state index contributed by atoms with van der Waals surface area (Å²) in [4.78, 5) is 19.3. The molecule has 0 saturated carbocycles. The van der Waals surface area contributed by atoms with E-state index in [-0.39, 0.29) is 11.9 Å². The van der Waals surface area contributed by atoms with Gasteiger partial charge in [0.15, 0.2) is 0 Å². The number of rotatable bonds is 7. The summed E-state index contributed by atoms with van der Waals surface area (Å²) >= 11 is 0. The number of carbonyl (C=O) groups is 1. The molecular weight excluding hydrogens is 366 g/mol. The SMILES string of the molecule is O=C(NC[C@@H](c1ccncc1)N1CCOCC1)c1cccc(Cn2cccn2)c1. The maximum Gasteiger partial charge on any atom is 0.251 e. The molecule has 1 N–H and O–H groups in total. The molecule has 1 atom stereocenters. The van der Waals surface area contributed by atoms with Crippen LogP contribution in [0.25, 0.3) is 0 Å². The molecule has 150 valence electrons. The molecule has 1 saturated heterocycles. The Bertz CT molecular complexity index is 908. The molecule has 2 aromatic heterocycles. The fourth-order valence-electron chi connectivity index (χ4n) is 3.62. The van der Waals surface area contributed by atoms with Crippen LogP contribution in [0.4, 0.5) is 0 Å². The first-order valence-electron chi connectivity index (χ1n) is 9.86. The van der Waals surface area contributed by atoms with Crippen molar-refractivity contribution in [2.75, 3.05) is 32.8 Å². The fourth-order valence-corrected chi connectivity index (χ4v) is 3.62. The molecular formula is C22H25N5O2. The van der Waals surface area contributed by atoms with Gasteiger partial charge in [-0.1, -0.05) is 12.1 Å². The summed E-state index contributed by atoms with van der Waals surface area (Å²) < 4.78 is 7.33. The minimum absolute atomic E-state index is 0.0698. The fraction of sp³-hybridized carbons (Fsp3) is 0.318. The molecule has 0 unspecified atom stereocenters. The normalized spacial score (nSPS) is 15.7. The molecule has 3 aromatic rings. The number of pyridine rings is 1. The van der Waals surface area contributed by atoms with Crippen LogP contribution in [0.15, 0.2) is 67.3 Å². The average Bonchev–Trinajstić information content (AvgIpc) is 3.28. The van der Waals surface area contributed by atoms with E-state index in [1.807, 2.05) is 53.3 Å². The lowest BCUT2D eigenvalue weighted by Gasteiger charge is -2.34. The third kappa shape index (κ3) is 5.07. The first-order chi connectivity index (χ1) is 14.3. The van der Waals surface area contributed by atoms with E-state index in [1.165, 1.54) is 0 Å². The lowest BCUT2D eigenvalue weighted by atomic mass is 10.1. The van der Waals surface area contributed by atoms with Crippen LogP contribution in [0.3, 0.4) is 0 Å². The van der Waals surface area contributed by atoms with Crippen molar-refractivity contribution in [2.24, 2.45) is 0 Å². The van der Waals surface area contributed by atoms with E-state index in [9.17, 15) is 4.79 Å². The number of hydrogen-bond acceptors (Lipinski definition) is 5. The zero-order chi connectivity index (χ0) is 19.9. The molecule has 0 radical (unpaired) electrons. The minimum atomic E-state index is -0.0698. The van der Waals surface area contributed by atoms with E-state index >= 15 is 0 Å². The van der Waals surface area contributed by atoms with Crippen LogP contribution in [0.1, 0.15) is 27.5 Å². The highest BCUT2D eigenvalue weighted by Crippen LogP contribution is 2.21. The van der Waals surface area contributed by atoms with Gasteiger partial charge in [0.2, 0.25) is 0 Å². The molecule has 7 heteroatoms. The van der Waals surface area contributed by atoms with Crippen LogP contribution in [-0.2, 0) is 11.3 Å². The zero-order valence-electron chi connectivity index (χ0n) is 16.3. The highest BCUT2D eigenvalue weighted by atomic mass is 16.5. The Morgan fingerprint density at radius 2 is 1.93 bits per heavy atom. The van der Waals surface area contributed by atoms with Crippen LogP contribution in [0, 0.1) is 0 Å². The summed E-state index contributed by atoms with van der Waals surface area (Å²) in [7, 11) is 0. The molecule has 3 heterocycles. The van der Waals surface area contributed by atoms with E-state index in [0.717, 1.165) is 24.2 Å². The Hall–Kier alpha value is -3.03. The van der Waals surface area contributed by atoms with Gasteiger partial charge in [0, 0.05) is 50.0 Å². The second kappa shape index (κ2) is 9.45. The maximum absolute atomic E-state index is 12.8. The van der Waals surface area contributed by atoms with Crippen molar-refractivity contribution in [3.8, 4) is 0 Å². The van der Waals surface area contributed by atoms with Crippen LogP contribution >= 0.6 is 0 Å². The van der Waals surface area contributed by atoms with Gasteiger partial charge in [0.25, 0.3) is 5.91 Å². The van der Waals surface area contributed by atoms with Gasteiger partial charge < -0.3 is 10.1 Å². The predicted molar refractivity (Wildman–Crippen MR) is 109 cm³/mol. The van der Waals surface area contributed by atoms with E-state index < -0.39 is 0 Å². The quantitative estimate of drug-likeness (QED) is 0.668. The summed E-state index contributed by atoms with van der Waals surface area (Å²) in [6.07, 6.45) is 7.25. The highest BCUT2D eigenvalue weighted by molar-refractivity contribution is 5.94. The Morgan fingerprint density at radius 1 is 1.10 bits per heavy atom. The molecule has 1 fully saturated rings. The second-order valence-corrected chi connectivity index (χ2v) is 7.06. The van der Waals surface area contributed by atoms with Crippen LogP contribution in [-0.4, -0.2) is 58.4 Å². The third-order valence-corrected chi connectivity index (χ3v) is 5.13. The van der Waals surface area contributed by atoms with Gasteiger partial charge >= 0.3 is 0 Å². The van der Waals surface area contributed by atoms with E-state index in [0.29, 0.717) is 31.9 Å². The topological polar surface area (TPSA) is 72.3 Å². The zero-order valence-corrected chi connectivity index (χ0v) is 16.3. The van der Waals surface area contributed by atoms with Gasteiger partial charge in [-0.15, -0.1) is 0 Å². The van der Waals surface area contributed by atoms with Gasteiger partial charge in [-0.3, -0.25) is 19.4 Å². The second-order valence-electron chi connectivity index (χ2n) is 7.06. The monoisotopic (exact) mass is 391 g/mol. The van der Waals surface area contributed by atoms with Crippen molar-refractivity contribution >= 4 is 5.91 Å². The maximum atomic E-state index is 12.8. The van der Waals surface area contributed by atoms with Gasteiger partial charge in [0.1, 0.15) is 0 Å².